The van der Waals surface area contributed by atoms with Gasteiger partial charge in [-0.2, -0.15) is 19.7 Å². The van der Waals surface area contributed by atoms with Crippen molar-refractivity contribution in [3.8, 4) is 0 Å². The Balaban J connectivity index is 1.98. The average molecular weight is 259 g/mol. The Morgan fingerprint density at radius 3 is 2.47 bits per heavy atom. The number of nitrogens with one attached hydrogen (secondary N) is 1. The number of amides is 1. The summed E-state index contributed by atoms with van der Waals surface area (Å²) in [6.07, 6.45) is 2.52. The van der Waals surface area contributed by atoms with Crippen molar-refractivity contribution in [1.29, 1.82) is 0 Å². The average Bonchev–Trinajstić information content (AvgIpc) is 2.80. The zero-order valence-electron chi connectivity index (χ0n) is 9.33. The van der Waals surface area contributed by atoms with Crippen molar-refractivity contribution >= 4 is 15.9 Å². The number of nitrogens with zero attached hydrogens (tertiary/aromatic N) is 4. The molecule has 0 aliphatic carbocycles. The number of sulfonamides is 1. The van der Waals surface area contributed by atoms with E-state index in [9.17, 15) is 13.2 Å². The van der Waals surface area contributed by atoms with Gasteiger partial charge in [-0.1, -0.05) is 0 Å². The van der Waals surface area contributed by atoms with Crippen LogP contribution in [-0.2, 0) is 10.0 Å². The molecule has 0 spiro atoms. The van der Waals surface area contributed by atoms with E-state index in [0.29, 0.717) is 26.2 Å². The fourth-order valence-corrected chi connectivity index (χ4v) is 2.52. The van der Waals surface area contributed by atoms with Gasteiger partial charge in [0.2, 0.25) is 10.0 Å². The van der Waals surface area contributed by atoms with Gasteiger partial charge >= 0.3 is 0 Å². The van der Waals surface area contributed by atoms with Gasteiger partial charge in [0.05, 0.1) is 12.5 Å². The number of H-pyrrole nitrogens is 1. The quantitative estimate of drug-likeness (QED) is 0.698. The molecule has 0 saturated carbocycles. The standard InChI is InChI=1S/C8H13N5O3S/c1-17(15,16)13-4-2-12(3-5-13)8(14)7-6-9-11-10-7/h6H,2-5H2,1H3,(H,9,10,11). The molecule has 1 saturated heterocycles. The van der Waals surface area contributed by atoms with Crippen LogP contribution in [0.1, 0.15) is 10.5 Å². The van der Waals surface area contributed by atoms with E-state index in [2.05, 4.69) is 15.4 Å². The van der Waals surface area contributed by atoms with Gasteiger partial charge < -0.3 is 4.90 Å². The normalized spacial score (nSPS) is 18.3. The van der Waals surface area contributed by atoms with E-state index in [1.165, 1.54) is 16.8 Å². The van der Waals surface area contributed by atoms with Gasteiger partial charge in [0.1, 0.15) is 0 Å². The highest BCUT2D eigenvalue weighted by Crippen LogP contribution is 2.08. The van der Waals surface area contributed by atoms with Gasteiger partial charge in [-0.25, -0.2) is 8.42 Å². The number of aromatic amines is 1. The van der Waals surface area contributed by atoms with Crippen LogP contribution in [0.5, 0.6) is 0 Å². The molecule has 2 rings (SSSR count). The lowest BCUT2D eigenvalue weighted by Crippen LogP contribution is -2.50. The van der Waals surface area contributed by atoms with Crippen LogP contribution in [-0.4, -0.2) is 71.4 Å². The molecule has 1 amide bonds. The van der Waals surface area contributed by atoms with E-state index in [1.807, 2.05) is 0 Å². The molecule has 1 N–H and O–H groups in total. The number of rotatable bonds is 2. The molecule has 8 nitrogen and oxygen atoms in total. The summed E-state index contributed by atoms with van der Waals surface area (Å²) in [6, 6.07) is 0. The number of aromatic nitrogens is 3. The third-order valence-corrected chi connectivity index (χ3v) is 3.93. The highest BCUT2D eigenvalue weighted by molar-refractivity contribution is 7.88. The summed E-state index contributed by atoms with van der Waals surface area (Å²) in [4.78, 5) is 13.4. The monoisotopic (exact) mass is 259 g/mol. The van der Waals surface area contributed by atoms with Gasteiger partial charge in [0.25, 0.3) is 5.91 Å². The first kappa shape index (κ1) is 12.0. The second kappa shape index (κ2) is 4.41. The zero-order chi connectivity index (χ0) is 12.5. The Kier molecular flexibility index (Phi) is 3.11. The van der Waals surface area contributed by atoms with Crippen LogP contribution in [0.4, 0.5) is 0 Å². The van der Waals surface area contributed by atoms with Crippen molar-refractivity contribution in [2.75, 3.05) is 32.4 Å². The minimum atomic E-state index is -3.17. The number of hydrogen-bond acceptors (Lipinski definition) is 5. The van der Waals surface area contributed by atoms with Crippen LogP contribution in [0.15, 0.2) is 6.20 Å². The van der Waals surface area contributed by atoms with E-state index < -0.39 is 10.0 Å². The Labute approximate surface area is 98.6 Å². The van der Waals surface area contributed by atoms with Crippen LogP contribution in [0.25, 0.3) is 0 Å². The smallest absolute Gasteiger partial charge is 0.276 e. The predicted octanol–water partition coefficient (Wildman–Crippen LogP) is -1.48. The van der Waals surface area contributed by atoms with Gasteiger partial charge in [-0.3, -0.25) is 4.79 Å². The fourth-order valence-electron chi connectivity index (χ4n) is 1.69. The highest BCUT2D eigenvalue weighted by Gasteiger charge is 2.27. The van der Waals surface area contributed by atoms with Crippen LogP contribution >= 0.6 is 0 Å². The second-order valence-electron chi connectivity index (χ2n) is 3.81. The van der Waals surface area contributed by atoms with E-state index in [-0.39, 0.29) is 11.6 Å². The Morgan fingerprint density at radius 2 is 2.00 bits per heavy atom. The van der Waals surface area contributed by atoms with Crippen molar-refractivity contribution in [2.45, 2.75) is 0 Å². The van der Waals surface area contributed by atoms with Crippen molar-refractivity contribution < 1.29 is 13.2 Å². The maximum Gasteiger partial charge on any atom is 0.276 e. The molecular formula is C8H13N5O3S. The van der Waals surface area contributed by atoms with Crippen LogP contribution in [0.3, 0.4) is 0 Å². The number of carbonyl (C=O) groups excluding carboxylic acids is 1. The lowest BCUT2D eigenvalue weighted by molar-refractivity contribution is 0.0692. The minimum absolute atomic E-state index is 0.230. The maximum atomic E-state index is 11.9. The third-order valence-electron chi connectivity index (χ3n) is 2.63. The molecule has 0 atom stereocenters. The lowest BCUT2D eigenvalue weighted by atomic mass is 10.3. The molecule has 2 heterocycles. The largest absolute Gasteiger partial charge is 0.335 e. The Hall–Kier alpha value is -1.48. The van der Waals surface area contributed by atoms with Gasteiger partial charge in [-0.15, -0.1) is 0 Å². The first-order valence-electron chi connectivity index (χ1n) is 5.08. The molecule has 17 heavy (non-hydrogen) atoms. The van der Waals surface area contributed by atoms with Gasteiger partial charge in [0, 0.05) is 26.2 Å². The second-order valence-corrected chi connectivity index (χ2v) is 5.79. The summed E-state index contributed by atoms with van der Waals surface area (Å²) in [7, 11) is -3.17. The fraction of sp³-hybridized carbons (Fsp3) is 0.625. The van der Waals surface area contributed by atoms with Crippen LogP contribution in [0.2, 0.25) is 0 Å². The molecular weight excluding hydrogens is 246 g/mol. The first-order valence-corrected chi connectivity index (χ1v) is 6.93. The maximum absolute atomic E-state index is 11.9. The summed E-state index contributed by atoms with van der Waals surface area (Å²) >= 11 is 0. The van der Waals surface area contributed by atoms with Crippen molar-refractivity contribution in [3.63, 3.8) is 0 Å². The first-order chi connectivity index (χ1) is 7.98. The third kappa shape index (κ3) is 2.61. The van der Waals surface area contributed by atoms with E-state index in [0.717, 1.165) is 0 Å². The van der Waals surface area contributed by atoms with E-state index >= 15 is 0 Å². The molecule has 0 bridgehead atoms. The van der Waals surface area contributed by atoms with Crippen molar-refractivity contribution in [2.24, 2.45) is 0 Å². The van der Waals surface area contributed by atoms with Crippen LogP contribution in [0, 0.1) is 0 Å². The van der Waals surface area contributed by atoms with E-state index in [1.54, 1.807) is 4.90 Å². The summed E-state index contributed by atoms with van der Waals surface area (Å²) < 4.78 is 23.9. The topological polar surface area (TPSA) is 99.3 Å². The molecule has 94 valence electrons. The van der Waals surface area contributed by atoms with Gasteiger partial charge in [0.15, 0.2) is 5.69 Å². The molecule has 1 aromatic rings. The summed E-state index contributed by atoms with van der Waals surface area (Å²) in [5, 5.41) is 9.63. The minimum Gasteiger partial charge on any atom is -0.335 e. The highest BCUT2D eigenvalue weighted by atomic mass is 32.2. The number of carbonyl (C=O) groups is 1. The Bertz CT molecular complexity index is 489. The molecule has 0 radical (unpaired) electrons. The number of piperazine rings is 1. The van der Waals surface area contributed by atoms with Crippen molar-refractivity contribution in [3.05, 3.63) is 11.9 Å². The molecule has 1 aromatic heterocycles. The molecule has 0 aromatic carbocycles. The SMILES string of the molecule is CS(=O)(=O)N1CCN(C(=O)c2cn[nH]n2)CC1. The Morgan fingerprint density at radius 1 is 1.35 bits per heavy atom. The molecule has 0 unspecified atom stereocenters. The van der Waals surface area contributed by atoms with Gasteiger partial charge in [-0.05, 0) is 0 Å². The molecule has 1 aliphatic heterocycles. The van der Waals surface area contributed by atoms with Crippen LogP contribution < -0.4 is 0 Å². The predicted molar refractivity (Wildman–Crippen MR) is 58.7 cm³/mol. The van der Waals surface area contributed by atoms with E-state index in [4.69, 9.17) is 0 Å². The summed E-state index contributed by atoms with van der Waals surface area (Å²) in [6.45, 7) is 1.39. The molecule has 1 fully saturated rings. The van der Waals surface area contributed by atoms with Crippen molar-refractivity contribution in [1.82, 2.24) is 24.6 Å². The number of hydrogen-bond donors (Lipinski definition) is 1. The summed E-state index contributed by atoms with van der Waals surface area (Å²) in [5.74, 6) is -0.230. The zero-order valence-corrected chi connectivity index (χ0v) is 10.1. The summed E-state index contributed by atoms with van der Waals surface area (Å²) in [5.41, 5.74) is 0.248. The molecule has 9 heteroatoms. The molecule has 1 aliphatic rings. The lowest BCUT2D eigenvalue weighted by Gasteiger charge is -2.32.